The first-order valence-corrected chi connectivity index (χ1v) is 8.33. The van der Waals surface area contributed by atoms with Gasteiger partial charge in [-0.2, -0.15) is 0 Å². The third-order valence-corrected chi connectivity index (χ3v) is 4.50. The number of ether oxygens (including phenoxy) is 1. The van der Waals surface area contributed by atoms with Gasteiger partial charge < -0.3 is 15.4 Å². The predicted octanol–water partition coefficient (Wildman–Crippen LogP) is 2.48. The maximum atomic E-state index is 5.88. The molecule has 0 saturated heterocycles. The van der Waals surface area contributed by atoms with E-state index in [0.29, 0.717) is 12.1 Å². The van der Waals surface area contributed by atoms with E-state index < -0.39 is 0 Å². The highest BCUT2D eigenvalue weighted by Crippen LogP contribution is 2.28. The Balaban J connectivity index is 1.45. The molecule has 3 rings (SSSR count). The molecule has 2 unspecified atom stereocenters. The summed E-state index contributed by atoms with van der Waals surface area (Å²) < 4.78 is 5.88. The van der Waals surface area contributed by atoms with Gasteiger partial charge >= 0.3 is 0 Å². The van der Waals surface area contributed by atoms with Gasteiger partial charge in [0.15, 0.2) is 5.96 Å². The number of rotatable bonds is 5. The third-order valence-electron chi connectivity index (χ3n) is 4.50. The maximum Gasteiger partial charge on any atom is 0.213 e. The molecule has 0 aromatic carbocycles. The number of guanidine groups is 1. The van der Waals surface area contributed by atoms with Gasteiger partial charge in [0, 0.05) is 31.9 Å². The molecule has 1 heterocycles. The van der Waals surface area contributed by atoms with Crippen LogP contribution in [-0.2, 0) is 6.54 Å². The molecule has 2 saturated carbocycles. The molecule has 120 valence electrons. The molecular formula is C17H26N4O. The molecule has 2 fully saturated rings. The second-order valence-electron chi connectivity index (χ2n) is 6.42. The fourth-order valence-corrected chi connectivity index (χ4v) is 2.84. The Morgan fingerprint density at radius 2 is 2.14 bits per heavy atom. The molecule has 0 spiro atoms. The summed E-state index contributed by atoms with van der Waals surface area (Å²) in [6.45, 7) is 2.97. The average Bonchev–Trinajstić information content (AvgIpc) is 3.00. The highest BCUT2D eigenvalue weighted by atomic mass is 16.5. The average molecular weight is 302 g/mol. The normalized spacial score (nSPS) is 25.1. The number of aliphatic imine (C=N–C) groups is 1. The number of nitrogens with one attached hydrogen (secondary N) is 2. The first-order valence-electron chi connectivity index (χ1n) is 8.33. The summed E-state index contributed by atoms with van der Waals surface area (Å²) in [5, 5.41) is 6.74. The van der Waals surface area contributed by atoms with E-state index in [1.807, 2.05) is 12.3 Å². The molecule has 5 nitrogen and oxygen atoms in total. The Bertz CT molecular complexity index is 508. The molecule has 5 heteroatoms. The number of hydrogen-bond acceptors (Lipinski definition) is 3. The van der Waals surface area contributed by atoms with Gasteiger partial charge in [0.1, 0.15) is 6.10 Å². The number of pyridine rings is 1. The first-order chi connectivity index (χ1) is 10.7. The Hall–Kier alpha value is -1.78. The van der Waals surface area contributed by atoms with Crippen LogP contribution in [0.4, 0.5) is 0 Å². The van der Waals surface area contributed by atoms with Gasteiger partial charge in [0.05, 0.1) is 0 Å². The quantitative estimate of drug-likeness (QED) is 0.648. The number of aromatic nitrogens is 1. The third kappa shape index (κ3) is 4.12. The van der Waals surface area contributed by atoms with Crippen LogP contribution in [0.3, 0.4) is 0 Å². The van der Waals surface area contributed by atoms with Gasteiger partial charge in [-0.1, -0.05) is 13.0 Å². The van der Waals surface area contributed by atoms with E-state index in [2.05, 4.69) is 33.6 Å². The summed E-state index contributed by atoms with van der Waals surface area (Å²) in [6.07, 6.45) is 8.34. The molecule has 2 atom stereocenters. The van der Waals surface area contributed by atoms with Crippen molar-refractivity contribution in [1.82, 2.24) is 15.6 Å². The topological polar surface area (TPSA) is 58.5 Å². The van der Waals surface area contributed by atoms with Crippen molar-refractivity contribution in [2.75, 3.05) is 7.05 Å². The van der Waals surface area contributed by atoms with Crippen molar-refractivity contribution in [3.8, 4) is 5.88 Å². The van der Waals surface area contributed by atoms with Crippen molar-refractivity contribution < 1.29 is 4.74 Å². The van der Waals surface area contributed by atoms with E-state index in [-0.39, 0.29) is 0 Å². The summed E-state index contributed by atoms with van der Waals surface area (Å²) in [7, 11) is 1.80. The van der Waals surface area contributed by atoms with Gasteiger partial charge in [-0.15, -0.1) is 0 Å². The minimum Gasteiger partial charge on any atom is -0.474 e. The summed E-state index contributed by atoms with van der Waals surface area (Å²) >= 11 is 0. The van der Waals surface area contributed by atoms with E-state index in [4.69, 9.17) is 4.74 Å². The Labute approximate surface area is 132 Å². The van der Waals surface area contributed by atoms with Crippen molar-refractivity contribution in [1.29, 1.82) is 0 Å². The van der Waals surface area contributed by atoms with Crippen molar-refractivity contribution in [2.45, 2.75) is 57.7 Å². The lowest BCUT2D eigenvalue weighted by atomic mass is 10.3. The molecule has 1 aromatic rings. The molecule has 0 amide bonds. The van der Waals surface area contributed by atoms with Crippen molar-refractivity contribution >= 4 is 5.96 Å². The maximum absolute atomic E-state index is 5.88. The zero-order valence-corrected chi connectivity index (χ0v) is 13.5. The zero-order valence-electron chi connectivity index (χ0n) is 13.5. The van der Waals surface area contributed by atoms with Gasteiger partial charge in [-0.3, -0.25) is 4.99 Å². The standard InChI is InChI=1S/C17H26N4O/c1-12-9-15(12)21-17(18-2)20-11-13-7-8-16(19-10-13)22-14-5-3-4-6-14/h7-8,10,12,14-15H,3-6,9,11H2,1-2H3,(H2,18,20,21). The molecule has 0 bridgehead atoms. The van der Waals surface area contributed by atoms with Gasteiger partial charge in [0.25, 0.3) is 0 Å². The van der Waals surface area contributed by atoms with Crippen molar-refractivity contribution in [2.24, 2.45) is 10.9 Å². The molecule has 0 radical (unpaired) electrons. The first kappa shape index (κ1) is 15.1. The SMILES string of the molecule is CN=C(NCc1ccc(OC2CCCC2)nc1)NC1CC1C. The summed E-state index contributed by atoms with van der Waals surface area (Å²) in [5.74, 6) is 2.36. The largest absolute Gasteiger partial charge is 0.474 e. The molecule has 0 aliphatic heterocycles. The minimum atomic E-state index is 0.361. The van der Waals surface area contributed by atoms with Gasteiger partial charge in [-0.25, -0.2) is 4.98 Å². The highest BCUT2D eigenvalue weighted by molar-refractivity contribution is 5.80. The molecule has 2 aliphatic carbocycles. The van der Waals surface area contributed by atoms with E-state index in [1.165, 1.54) is 19.3 Å². The van der Waals surface area contributed by atoms with Crippen LogP contribution in [-0.4, -0.2) is 30.1 Å². The second-order valence-corrected chi connectivity index (χ2v) is 6.42. The Morgan fingerprint density at radius 1 is 1.36 bits per heavy atom. The Kier molecular flexibility index (Phi) is 4.80. The van der Waals surface area contributed by atoms with E-state index in [0.717, 1.165) is 42.7 Å². The number of nitrogens with zero attached hydrogens (tertiary/aromatic N) is 2. The molecule has 1 aromatic heterocycles. The lowest BCUT2D eigenvalue weighted by Crippen LogP contribution is -2.38. The van der Waals surface area contributed by atoms with Crippen LogP contribution in [0, 0.1) is 5.92 Å². The fourth-order valence-electron chi connectivity index (χ4n) is 2.84. The van der Waals surface area contributed by atoms with Crippen LogP contribution >= 0.6 is 0 Å². The van der Waals surface area contributed by atoms with Crippen LogP contribution in [0.2, 0.25) is 0 Å². The van der Waals surface area contributed by atoms with E-state index in [9.17, 15) is 0 Å². The molecular weight excluding hydrogens is 276 g/mol. The van der Waals surface area contributed by atoms with E-state index >= 15 is 0 Å². The van der Waals surface area contributed by atoms with Crippen LogP contribution in [0.1, 0.15) is 44.6 Å². The van der Waals surface area contributed by atoms with Crippen molar-refractivity contribution in [3.63, 3.8) is 0 Å². The summed E-state index contributed by atoms with van der Waals surface area (Å²) in [5.41, 5.74) is 1.13. The molecule has 2 aliphatic rings. The molecule has 22 heavy (non-hydrogen) atoms. The van der Waals surface area contributed by atoms with Crippen LogP contribution < -0.4 is 15.4 Å². The van der Waals surface area contributed by atoms with Crippen LogP contribution in [0.5, 0.6) is 5.88 Å². The van der Waals surface area contributed by atoms with Crippen LogP contribution in [0.15, 0.2) is 23.3 Å². The number of hydrogen-bond donors (Lipinski definition) is 2. The summed E-state index contributed by atoms with van der Waals surface area (Å²) in [4.78, 5) is 8.66. The zero-order chi connectivity index (χ0) is 15.4. The monoisotopic (exact) mass is 302 g/mol. The van der Waals surface area contributed by atoms with Crippen molar-refractivity contribution in [3.05, 3.63) is 23.9 Å². The lowest BCUT2D eigenvalue weighted by molar-refractivity contribution is 0.201. The fraction of sp³-hybridized carbons (Fsp3) is 0.647. The smallest absolute Gasteiger partial charge is 0.213 e. The Morgan fingerprint density at radius 3 is 2.73 bits per heavy atom. The van der Waals surface area contributed by atoms with E-state index in [1.54, 1.807) is 7.05 Å². The second kappa shape index (κ2) is 6.99. The highest BCUT2D eigenvalue weighted by Gasteiger charge is 2.33. The predicted molar refractivity (Wildman–Crippen MR) is 88.0 cm³/mol. The van der Waals surface area contributed by atoms with Crippen LogP contribution in [0.25, 0.3) is 0 Å². The van der Waals surface area contributed by atoms with Gasteiger partial charge in [-0.05, 0) is 43.6 Å². The summed E-state index contributed by atoms with van der Waals surface area (Å²) in [6, 6.07) is 4.61. The molecule has 2 N–H and O–H groups in total. The lowest BCUT2D eigenvalue weighted by Gasteiger charge is -2.13. The minimum absolute atomic E-state index is 0.361. The van der Waals surface area contributed by atoms with Gasteiger partial charge in [0.2, 0.25) is 5.88 Å².